The zero-order valence-electron chi connectivity index (χ0n) is 9.19. The van der Waals surface area contributed by atoms with Crippen molar-refractivity contribution in [3.8, 4) is 5.75 Å². The van der Waals surface area contributed by atoms with Gasteiger partial charge in [-0.1, -0.05) is 12.1 Å². The molecule has 0 amide bonds. The first-order valence-electron chi connectivity index (χ1n) is 5.31. The van der Waals surface area contributed by atoms with Gasteiger partial charge in [-0.25, -0.2) is 0 Å². The lowest BCUT2D eigenvalue weighted by Crippen LogP contribution is -2.38. The van der Waals surface area contributed by atoms with Crippen LogP contribution in [0.1, 0.15) is 24.9 Å². The summed E-state index contributed by atoms with van der Waals surface area (Å²) in [6, 6.07) is 8.61. The summed E-state index contributed by atoms with van der Waals surface area (Å²) in [7, 11) is 1.68. The molecule has 0 aliphatic carbocycles. The maximum Gasteiger partial charge on any atom is 0.118 e. The number of ether oxygens (including phenoxy) is 2. The molecule has 1 aliphatic heterocycles. The van der Waals surface area contributed by atoms with Crippen LogP contribution in [0.5, 0.6) is 5.75 Å². The molecule has 0 aromatic heterocycles. The van der Waals surface area contributed by atoms with Gasteiger partial charge in [0.25, 0.3) is 0 Å². The van der Waals surface area contributed by atoms with Crippen molar-refractivity contribution in [3.05, 3.63) is 29.8 Å². The monoisotopic (exact) mass is 207 g/mol. The molecule has 82 valence electrons. The van der Waals surface area contributed by atoms with Crippen molar-refractivity contribution in [2.75, 3.05) is 13.7 Å². The van der Waals surface area contributed by atoms with Crippen molar-refractivity contribution in [1.29, 1.82) is 0 Å². The highest BCUT2D eigenvalue weighted by molar-refractivity contribution is 5.29. The summed E-state index contributed by atoms with van der Waals surface area (Å²) in [6.45, 7) is 2.86. The number of rotatable bonds is 2. The van der Waals surface area contributed by atoms with E-state index in [0.717, 1.165) is 18.8 Å². The lowest BCUT2D eigenvalue weighted by molar-refractivity contribution is -0.00669. The second-order valence-electron chi connectivity index (χ2n) is 3.79. The lowest BCUT2D eigenvalue weighted by atomic mass is 10.0. The van der Waals surface area contributed by atoms with Crippen LogP contribution in [0.15, 0.2) is 24.3 Å². The van der Waals surface area contributed by atoms with Crippen LogP contribution in [0, 0.1) is 0 Å². The predicted octanol–water partition coefficient (Wildman–Crippen LogP) is 2.09. The molecule has 1 N–H and O–H groups in total. The van der Waals surface area contributed by atoms with Crippen molar-refractivity contribution in [1.82, 2.24) is 5.32 Å². The molecule has 2 rings (SSSR count). The van der Waals surface area contributed by atoms with Gasteiger partial charge in [0.15, 0.2) is 0 Å². The van der Waals surface area contributed by atoms with E-state index in [0.29, 0.717) is 6.04 Å². The molecule has 1 aromatic carbocycles. The van der Waals surface area contributed by atoms with Gasteiger partial charge < -0.3 is 9.47 Å². The van der Waals surface area contributed by atoms with Gasteiger partial charge in [0, 0.05) is 6.04 Å². The summed E-state index contributed by atoms with van der Waals surface area (Å²) >= 11 is 0. The highest BCUT2D eigenvalue weighted by atomic mass is 16.5. The summed E-state index contributed by atoms with van der Waals surface area (Å²) in [6.07, 6.45) is 1.17. The normalized spacial score (nSPS) is 26.3. The van der Waals surface area contributed by atoms with Crippen LogP contribution in [-0.4, -0.2) is 19.9 Å². The number of methoxy groups -OCH3 is 1. The average Bonchev–Trinajstić information content (AvgIpc) is 2.29. The molecule has 0 bridgehead atoms. The topological polar surface area (TPSA) is 30.5 Å². The summed E-state index contributed by atoms with van der Waals surface area (Å²) < 4.78 is 10.6. The fraction of sp³-hybridized carbons (Fsp3) is 0.500. The van der Waals surface area contributed by atoms with Gasteiger partial charge >= 0.3 is 0 Å². The fourth-order valence-electron chi connectivity index (χ4n) is 1.88. The van der Waals surface area contributed by atoms with Crippen LogP contribution in [0.2, 0.25) is 0 Å². The van der Waals surface area contributed by atoms with Crippen molar-refractivity contribution in [3.63, 3.8) is 0 Å². The molecule has 0 spiro atoms. The molecule has 15 heavy (non-hydrogen) atoms. The van der Waals surface area contributed by atoms with E-state index in [9.17, 15) is 0 Å². The molecule has 3 heteroatoms. The lowest BCUT2D eigenvalue weighted by Gasteiger charge is -2.29. The second kappa shape index (κ2) is 4.64. The van der Waals surface area contributed by atoms with E-state index in [4.69, 9.17) is 9.47 Å². The van der Waals surface area contributed by atoms with Crippen LogP contribution in [0.4, 0.5) is 0 Å². The minimum absolute atomic E-state index is 0.144. The molecule has 2 unspecified atom stereocenters. The average molecular weight is 207 g/mol. The second-order valence-corrected chi connectivity index (χ2v) is 3.79. The van der Waals surface area contributed by atoms with E-state index in [1.807, 2.05) is 19.1 Å². The van der Waals surface area contributed by atoms with Gasteiger partial charge in [-0.3, -0.25) is 5.32 Å². The molecular weight excluding hydrogens is 190 g/mol. The van der Waals surface area contributed by atoms with Crippen molar-refractivity contribution in [2.24, 2.45) is 0 Å². The Bertz CT molecular complexity index is 310. The Labute approximate surface area is 90.4 Å². The Morgan fingerprint density at radius 3 is 2.67 bits per heavy atom. The van der Waals surface area contributed by atoms with Gasteiger partial charge in [-0.2, -0.15) is 0 Å². The number of nitrogens with one attached hydrogen (secondary N) is 1. The minimum atomic E-state index is 0.144. The Kier molecular flexibility index (Phi) is 3.23. The smallest absolute Gasteiger partial charge is 0.118 e. The highest BCUT2D eigenvalue weighted by Crippen LogP contribution is 2.23. The number of benzene rings is 1. The van der Waals surface area contributed by atoms with E-state index in [2.05, 4.69) is 17.4 Å². The third-order valence-corrected chi connectivity index (χ3v) is 2.73. The van der Waals surface area contributed by atoms with E-state index < -0.39 is 0 Å². The first-order valence-corrected chi connectivity index (χ1v) is 5.31. The number of hydrogen-bond acceptors (Lipinski definition) is 3. The van der Waals surface area contributed by atoms with E-state index in [1.165, 1.54) is 5.56 Å². The zero-order valence-corrected chi connectivity index (χ0v) is 9.19. The molecule has 1 fully saturated rings. The summed E-state index contributed by atoms with van der Waals surface area (Å²) in [5.41, 5.74) is 1.30. The van der Waals surface area contributed by atoms with Gasteiger partial charge in [0.2, 0.25) is 0 Å². The van der Waals surface area contributed by atoms with E-state index in [1.54, 1.807) is 7.11 Å². The van der Waals surface area contributed by atoms with Gasteiger partial charge in [-0.15, -0.1) is 0 Å². The molecule has 1 aliphatic rings. The molecule has 1 saturated heterocycles. The molecule has 2 atom stereocenters. The first-order chi connectivity index (χ1) is 7.29. The van der Waals surface area contributed by atoms with Gasteiger partial charge in [0.1, 0.15) is 12.0 Å². The highest BCUT2D eigenvalue weighted by Gasteiger charge is 2.19. The quantitative estimate of drug-likeness (QED) is 0.805. The largest absolute Gasteiger partial charge is 0.497 e. The van der Waals surface area contributed by atoms with E-state index >= 15 is 0 Å². The van der Waals surface area contributed by atoms with Crippen molar-refractivity contribution >= 4 is 0 Å². The van der Waals surface area contributed by atoms with Crippen LogP contribution >= 0.6 is 0 Å². The van der Waals surface area contributed by atoms with Crippen molar-refractivity contribution in [2.45, 2.75) is 25.6 Å². The van der Waals surface area contributed by atoms with Gasteiger partial charge in [-0.05, 0) is 31.0 Å². The van der Waals surface area contributed by atoms with Crippen LogP contribution in [0.25, 0.3) is 0 Å². The fourth-order valence-corrected chi connectivity index (χ4v) is 1.88. The molecule has 0 radical (unpaired) electrons. The zero-order chi connectivity index (χ0) is 10.7. The first kappa shape index (κ1) is 10.5. The van der Waals surface area contributed by atoms with Crippen LogP contribution in [0.3, 0.4) is 0 Å². The Morgan fingerprint density at radius 1 is 1.33 bits per heavy atom. The Morgan fingerprint density at radius 2 is 2.07 bits per heavy atom. The Hall–Kier alpha value is -1.06. The molecular formula is C12H17NO2. The van der Waals surface area contributed by atoms with Gasteiger partial charge in [0.05, 0.1) is 13.7 Å². The summed E-state index contributed by atoms with van der Waals surface area (Å²) in [4.78, 5) is 0. The van der Waals surface area contributed by atoms with Crippen LogP contribution in [-0.2, 0) is 4.74 Å². The molecule has 1 aromatic rings. The predicted molar refractivity (Wildman–Crippen MR) is 58.9 cm³/mol. The molecule has 1 heterocycles. The standard InChI is InChI=1S/C12H17NO2/c1-9-13-12(7-8-15-9)10-3-5-11(14-2)6-4-10/h3-6,9,12-13H,7-8H2,1-2H3. The maximum atomic E-state index is 5.44. The minimum Gasteiger partial charge on any atom is -0.497 e. The Balaban J connectivity index is 2.07. The third kappa shape index (κ3) is 2.49. The summed E-state index contributed by atoms with van der Waals surface area (Å²) in [5.74, 6) is 0.902. The maximum absolute atomic E-state index is 5.44. The number of hydrogen-bond donors (Lipinski definition) is 1. The molecule has 3 nitrogen and oxygen atoms in total. The third-order valence-electron chi connectivity index (χ3n) is 2.73. The SMILES string of the molecule is COc1ccc(C2CCOC(C)N2)cc1. The van der Waals surface area contributed by atoms with E-state index in [-0.39, 0.29) is 6.23 Å². The summed E-state index contributed by atoms with van der Waals surface area (Å²) in [5, 5.41) is 3.41. The van der Waals surface area contributed by atoms with Crippen molar-refractivity contribution < 1.29 is 9.47 Å². The van der Waals surface area contributed by atoms with Crippen LogP contribution < -0.4 is 10.1 Å². The molecule has 0 saturated carbocycles.